The molecule has 1 aromatic carbocycles. The van der Waals surface area contributed by atoms with E-state index in [2.05, 4.69) is 17.5 Å². The SMILES string of the molecule is C=CCN1CCCC(O)c2ccccc21. The molecule has 15 heavy (non-hydrogen) atoms. The van der Waals surface area contributed by atoms with E-state index in [1.54, 1.807) is 0 Å². The summed E-state index contributed by atoms with van der Waals surface area (Å²) in [6.45, 7) is 5.62. The van der Waals surface area contributed by atoms with E-state index in [1.165, 1.54) is 0 Å². The first kappa shape index (κ1) is 10.2. The first-order valence-electron chi connectivity index (χ1n) is 5.46. The van der Waals surface area contributed by atoms with Crippen molar-refractivity contribution in [3.63, 3.8) is 0 Å². The largest absolute Gasteiger partial charge is 0.388 e. The zero-order valence-corrected chi connectivity index (χ0v) is 8.89. The van der Waals surface area contributed by atoms with Gasteiger partial charge in [0.15, 0.2) is 0 Å². The topological polar surface area (TPSA) is 23.5 Å². The van der Waals surface area contributed by atoms with E-state index < -0.39 is 0 Å². The summed E-state index contributed by atoms with van der Waals surface area (Å²) in [6.07, 6.45) is 3.49. The molecule has 0 radical (unpaired) electrons. The van der Waals surface area contributed by atoms with E-state index in [9.17, 15) is 5.11 Å². The Labute approximate surface area is 90.8 Å². The lowest BCUT2D eigenvalue weighted by atomic mass is 10.0. The number of benzene rings is 1. The molecule has 0 spiro atoms. The van der Waals surface area contributed by atoms with Crippen molar-refractivity contribution < 1.29 is 5.11 Å². The highest BCUT2D eigenvalue weighted by atomic mass is 16.3. The fraction of sp³-hybridized carbons (Fsp3) is 0.385. The molecule has 0 saturated heterocycles. The Hall–Kier alpha value is -1.28. The number of hydrogen-bond acceptors (Lipinski definition) is 2. The molecule has 0 aliphatic carbocycles. The molecule has 0 aromatic heterocycles. The second-order valence-electron chi connectivity index (χ2n) is 3.95. The Morgan fingerprint density at radius 3 is 3.07 bits per heavy atom. The first-order chi connectivity index (χ1) is 7.33. The zero-order chi connectivity index (χ0) is 10.7. The zero-order valence-electron chi connectivity index (χ0n) is 8.89. The summed E-state index contributed by atoms with van der Waals surface area (Å²) in [6, 6.07) is 8.10. The molecule has 1 aromatic rings. The van der Waals surface area contributed by atoms with Crippen LogP contribution in [0.2, 0.25) is 0 Å². The number of anilines is 1. The van der Waals surface area contributed by atoms with Crippen molar-refractivity contribution in [1.82, 2.24) is 0 Å². The molecule has 1 aliphatic heterocycles. The van der Waals surface area contributed by atoms with Crippen LogP contribution in [0.25, 0.3) is 0 Å². The molecule has 1 heterocycles. The average Bonchev–Trinajstić information content (AvgIpc) is 2.41. The van der Waals surface area contributed by atoms with Gasteiger partial charge in [-0.1, -0.05) is 24.3 Å². The van der Waals surface area contributed by atoms with Gasteiger partial charge in [0.25, 0.3) is 0 Å². The van der Waals surface area contributed by atoms with Crippen LogP contribution >= 0.6 is 0 Å². The van der Waals surface area contributed by atoms with Gasteiger partial charge >= 0.3 is 0 Å². The van der Waals surface area contributed by atoms with Gasteiger partial charge in [-0.25, -0.2) is 0 Å². The summed E-state index contributed by atoms with van der Waals surface area (Å²) in [5.41, 5.74) is 2.21. The fourth-order valence-electron chi connectivity index (χ4n) is 2.15. The summed E-state index contributed by atoms with van der Waals surface area (Å²) < 4.78 is 0. The number of aliphatic hydroxyl groups is 1. The predicted molar refractivity (Wildman–Crippen MR) is 63.0 cm³/mol. The van der Waals surface area contributed by atoms with Gasteiger partial charge in [-0.3, -0.25) is 0 Å². The molecule has 80 valence electrons. The number of hydrogen-bond donors (Lipinski definition) is 1. The van der Waals surface area contributed by atoms with E-state index in [1.807, 2.05) is 24.3 Å². The molecule has 1 atom stereocenters. The van der Waals surface area contributed by atoms with Gasteiger partial charge in [-0.15, -0.1) is 6.58 Å². The van der Waals surface area contributed by atoms with Gasteiger partial charge < -0.3 is 10.0 Å². The lowest BCUT2D eigenvalue weighted by Crippen LogP contribution is -2.23. The lowest BCUT2D eigenvalue weighted by Gasteiger charge is -2.23. The fourth-order valence-corrected chi connectivity index (χ4v) is 2.15. The molecule has 1 aliphatic rings. The highest BCUT2D eigenvalue weighted by Crippen LogP contribution is 2.32. The van der Waals surface area contributed by atoms with Crippen molar-refractivity contribution in [2.75, 3.05) is 18.0 Å². The second-order valence-corrected chi connectivity index (χ2v) is 3.95. The molecule has 0 fully saturated rings. The molecule has 0 amide bonds. The summed E-state index contributed by atoms with van der Waals surface area (Å²) in [5, 5.41) is 9.97. The van der Waals surface area contributed by atoms with Crippen molar-refractivity contribution >= 4 is 5.69 Å². The van der Waals surface area contributed by atoms with Crippen molar-refractivity contribution in [3.8, 4) is 0 Å². The van der Waals surface area contributed by atoms with Crippen LogP contribution in [0.5, 0.6) is 0 Å². The van der Waals surface area contributed by atoms with Gasteiger partial charge in [0.2, 0.25) is 0 Å². The predicted octanol–water partition coefficient (Wildman–Crippen LogP) is 2.51. The Bertz CT molecular complexity index is 348. The van der Waals surface area contributed by atoms with E-state index in [-0.39, 0.29) is 6.10 Å². The minimum Gasteiger partial charge on any atom is -0.388 e. The number of rotatable bonds is 2. The highest BCUT2D eigenvalue weighted by Gasteiger charge is 2.19. The maximum absolute atomic E-state index is 9.97. The van der Waals surface area contributed by atoms with Crippen LogP contribution in [0.15, 0.2) is 36.9 Å². The number of nitrogens with zero attached hydrogens (tertiary/aromatic N) is 1. The van der Waals surface area contributed by atoms with Gasteiger partial charge in [-0.05, 0) is 18.9 Å². The smallest absolute Gasteiger partial charge is 0.0810 e. The third kappa shape index (κ3) is 2.05. The highest BCUT2D eigenvalue weighted by molar-refractivity contribution is 5.55. The minimum absolute atomic E-state index is 0.309. The van der Waals surface area contributed by atoms with E-state index in [0.29, 0.717) is 0 Å². The average molecular weight is 203 g/mol. The Morgan fingerprint density at radius 1 is 1.47 bits per heavy atom. The van der Waals surface area contributed by atoms with Crippen LogP contribution in [0.1, 0.15) is 24.5 Å². The maximum Gasteiger partial charge on any atom is 0.0810 e. The van der Waals surface area contributed by atoms with Crippen molar-refractivity contribution in [2.45, 2.75) is 18.9 Å². The molecule has 2 heteroatoms. The third-order valence-corrected chi connectivity index (χ3v) is 2.89. The lowest BCUT2D eigenvalue weighted by molar-refractivity contribution is 0.168. The summed E-state index contributed by atoms with van der Waals surface area (Å²) in [5.74, 6) is 0. The van der Waals surface area contributed by atoms with Crippen LogP contribution in [0.3, 0.4) is 0 Å². The van der Waals surface area contributed by atoms with Crippen molar-refractivity contribution in [1.29, 1.82) is 0 Å². The number of para-hydroxylation sites is 1. The molecular formula is C13H17NO. The van der Waals surface area contributed by atoms with Gasteiger partial charge in [-0.2, -0.15) is 0 Å². The van der Waals surface area contributed by atoms with Gasteiger partial charge in [0, 0.05) is 24.3 Å². The number of aliphatic hydroxyl groups excluding tert-OH is 1. The maximum atomic E-state index is 9.97. The van der Waals surface area contributed by atoms with Crippen LogP contribution in [-0.2, 0) is 0 Å². The van der Waals surface area contributed by atoms with Crippen molar-refractivity contribution in [2.24, 2.45) is 0 Å². The Kier molecular flexibility index (Phi) is 3.07. The molecule has 0 bridgehead atoms. The van der Waals surface area contributed by atoms with E-state index in [4.69, 9.17) is 0 Å². The molecular weight excluding hydrogens is 186 g/mol. The van der Waals surface area contributed by atoms with Crippen LogP contribution in [-0.4, -0.2) is 18.2 Å². The normalized spacial score (nSPS) is 20.6. The molecule has 0 saturated carbocycles. The Balaban J connectivity index is 2.38. The summed E-state index contributed by atoms with van der Waals surface area (Å²) in [4.78, 5) is 2.28. The molecule has 1 unspecified atom stereocenters. The molecule has 1 N–H and O–H groups in total. The van der Waals surface area contributed by atoms with Gasteiger partial charge in [0.1, 0.15) is 0 Å². The summed E-state index contributed by atoms with van der Waals surface area (Å²) in [7, 11) is 0. The Morgan fingerprint density at radius 2 is 2.27 bits per heavy atom. The van der Waals surface area contributed by atoms with E-state index in [0.717, 1.165) is 37.2 Å². The molecule has 2 rings (SSSR count). The monoisotopic (exact) mass is 203 g/mol. The van der Waals surface area contributed by atoms with Crippen LogP contribution in [0, 0.1) is 0 Å². The second kappa shape index (κ2) is 4.49. The van der Waals surface area contributed by atoms with E-state index >= 15 is 0 Å². The van der Waals surface area contributed by atoms with Crippen LogP contribution in [0.4, 0.5) is 5.69 Å². The molecule has 2 nitrogen and oxygen atoms in total. The quantitative estimate of drug-likeness (QED) is 0.746. The van der Waals surface area contributed by atoms with Crippen molar-refractivity contribution in [3.05, 3.63) is 42.5 Å². The van der Waals surface area contributed by atoms with Crippen LogP contribution < -0.4 is 4.90 Å². The first-order valence-corrected chi connectivity index (χ1v) is 5.46. The van der Waals surface area contributed by atoms with Gasteiger partial charge in [0.05, 0.1) is 6.10 Å². The standard InChI is InChI=1S/C13H17NO/c1-2-9-14-10-5-8-13(15)11-6-3-4-7-12(11)14/h2-4,6-7,13,15H,1,5,8-10H2. The third-order valence-electron chi connectivity index (χ3n) is 2.89. The minimum atomic E-state index is -0.309. The summed E-state index contributed by atoms with van der Waals surface area (Å²) >= 11 is 0. The number of fused-ring (bicyclic) bond motifs is 1.